The van der Waals surface area contributed by atoms with Gasteiger partial charge in [0.25, 0.3) is 0 Å². The fraction of sp³-hybridized carbons (Fsp3) is 0.500. The van der Waals surface area contributed by atoms with Crippen LogP contribution in [0.15, 0.2) is 16.6 Å². The van der Waals surface area contributed by atoms with E-state index in [-0.39, 0.29) is 11.9 Å². The normalized spacial score (nSPS) is 26.5. The molecule has 1 aliphatic rings. The molecule has 2 unspecified atom stereocenters. The number of rotatable bonds is 2. The number of amides is 1. The molecule has 0 aromatic heterocycles. The maximum absolute atomic E-state index is 12.4. The lowest BCUT2D eigenvalue weighted by molar-refractivity contribution is -0.125. The molecule has 0 aliphatic heterocycles. The van der Waals surface area contributed by atoms with E-state index in [2.05, 4.69) is 21.2 Å². The van der Waals surface area contributed by atoms with Crippen LogP contribution in [0, 0.1) is 12.3 Å². The van der Waals surface area contributed by atoms with Gasteiger partial charge in [-0.15, -0.1) is 0 Å². The fourth-order valence-corrected chi connectivity index (χ4v) is 3.20. The number of anilines is 1. The van der Waals surface area contributed by atoms with Crippen LogP contribution in [0.25, 0.3) is 0 Å². The summed E-state index contributed by atoms with van der Waals surface area (Å²) in [7, 11) is 0. The summed E-state index contributed by atoms with van der Waals surface area (Å²) in [5.41, 5.74) is 7.24. The van der Waals surface area contributed by atoms with Crippen LogP contribution in [0.4, 0.5) is 5.69 Å². The van der Waals surface area contributed by atoms with Crippen molar-refractivity contribution in [3.63, 3.8) is 0 Å². The van der Waals surface area contributed by atoms with E-state index >= 15 is 0 Å². The maximum atomic E-state index is 12.4. The first kappa shape index (κ1) is 14.8. The van der Waals surface area contributed by atoms with E-state index in [1.54, 1.807) is 6.07 Å². The lowest BCUT2D eigenvalue weighted by Crippen LogP contribution is -2.44. The largest absolute Gasteiger partial charge is 0.327 e. The molecular formula is C14H18BrClN2O. The molecule has 1 aromatic carbocycles. The van der Waals surface area contributed by atoms with Gasteiger partial charge in [0.2, 0.25) is 5.91 Å². The van der Waals surface area contributed by atoms with Crippen LogP contribution in [0.3, 0.4) is 0 Å². The van der Waals surface area contributed by atoms with Crippen LogP contribution in [-0.2, 0) is 4.79 Å². The minimum absolute atomic E-state index is 0.0295. The summed E-state index contributed by atoms with van der Waals surface area (Å²) in [5.74, 6) is -0.0295. The van der Waals surface area contributed by atoms with Gasteiger partial charge in [-0.05, 0) is 60.3 Å². The molecule has 3 N–H and O–H groups in total. The monoisotopic (exact) mass is 344 g/mol. The summed E-state index contributed by atoms with van der Waals surface area (Å²) in [6.07, 6.45) is 2.73. The Morgan fingerprint density at radius 2 is 2.26 bits per heavy atom. The quantitative estimate of drug-likeness (QED) is 0.855. The van der Waals surface area contributed by atoms with Gasteiger partial charge in [-0.2, -0.15) is 0 Å². The van der Waals surface area contributed by atoms with Gasteiger partial charge >= 0.3 is 0 Å². The van der Waals surface area contributed by atoms with Crippen molar-refractivity contribution in [2.24, 2.45) is 11.1 Å². The highest BCUT2D eigenvalue weighted by Crippen LogP contribution is 2.38. The third-order valence-electron chi connectivity index (χ3n) is 4.04. The molecule has 5 heteroatoms. The zero-order chi connectivity index (χ0) is 14.2. The fourth-order valence-electron chi connectivity index (χ4n) is 2.48. The minimum atomic E-state index is -0.489. The summed E-state index contributed by atoms with van der Waals surface area (Å²) in [4.78, 5) is 12.4. The van der Waals surface area contributed by atoms with Gasteiger partial charge < -0.3 is 11.1 Å². The lowest BCUT2D eigenvalue weighted by atomic mass is 9.84. The van der Waals surface area contributed by atoms with Crippen LogP contribution in [0.1, 0.15) is 31.7 Å². The number of halogens is 2. The van der Waals surface area contributed by atoms with Crippen LogP contribution in [-0.4, -0.2) is 11.9 Å². The Bertz CT molecular complexity index is 520. The van der Waals surface area contributed by atoms with E-state index in [4.69, 9.17) is 17.3 Å². The summed E-state index contributed by atoms with van der Waals surface area (Å²) >= 11 is 9.54. The number of carbonyl (C=O) groups excluding carboxylic acids is 1. The Morgan fingerprint density at radius 1 is 1.58 bits per heavy atom. The molecular weight excluding hydrogens is 328 g/mol. The standard InChI is InChI=1S/C14H18BrClN2O/c1-8-6-9(15)11(7-10(8)16)18-13(19)14(2)5-3-4-12(14)17/h6-7,12H,3-5,17H2,1-2H3,(H,18,19). The zero-order valence-corrected chi connectivity index (χ0v) is 13.4. The highest BCUT2D eigenvalue weighted by atomic mass is 79.9. The molecule has 1 amide bonds. The predicted molar refractivity (Wildman–Crippen MR) is 82.5 cm³/mol. The third kappa shape index (κ3) is 2.81. The first-order valence-corrected chi connectivity index (χ1v) is 7.54. The van der Waals surface area contributed by atoms with E-state index in [1.807, 2.05) is 19.9 Å². The highest BCUT2D eigenvalue weighted by molar-refractivity contribution is 9.10. The van der Waals surface area contributed by atoms with Crippen LogP contribution in [0.5, 0.6) is 0 Å². The molecule has 1 aromatic rings. The van der Waals surface area contributed by atoms with E-state index in [0.29, 0.717) is 10.7 Å². The average molecular weight is 346 g/mol. The second-order valence-corrected chi connectivity index (χ2v) is 6.71. The molecule has 3 nitrogen and oxygen atoms in total. The van der Waals surface area contributed by atoms with Gasteiger partial charge in [0, 0.05) is 15.5 Å². The van der Waals surface area contributed by atoms with Crippen molar-refractivity contribution >= 4 is 39.1 Å². The van der Waals surface area contributed by atoms with Crippen LogP contribution >= 0.6 is 27.5 Å². The molecule has 19 heavy (non-hydrogen) atoms. The third-order valence-corrected chi connectivity index (χ3v) is 5.11. The molecule has 0 spiro atoms. The smallest absolute Gasteiger partial charge is 0.231 e. The Hall–Kier alpha value is -0.580. The second kappa shape index (κ2) is 5.43. The summed E-state index contributed by atoms with van der Waals surface area (Å²) in [5, 5.41) is 3.58. The molecule has 1 fully saturated rings. The van der Waals surface area contributed by atoms with Gasteiger partial charge in [-0.3, -0.25) is 4.79 Å². The number of carbonyl (C=O) groups is 1. The average Bonchev–Trinajstić information content (AvgIpc) is 2.68. The number of nitrogens with two attached hydrogens (primary N) is 1. The zero-order valence-electron chi connectivity index (χ0n) is 11.1. The Kier molecular flexibility index (Phi) is 4.23. The van der Waals surface area contributed by atoms with E-state index in [0.717, 1.165) is 29.3 Å². The van der Waals surface area contributed by atoms with E-state index in [1.165, 1.54) is 0 Å². The first-order chi connectivity index (χ1) is 8.84. The van der Waals surface area contributed by atoms with Gasteiger partial charge in [0.1, 0.15) is 0 Å². The molecule has 2 atom stereocenters. The van der Waals surface area contributed by atoms with Gasteiger partial charge in [-0.25, -0.2) is 0 Å². The second-order valence-electron chi connectivity index (χ2n) is 5.45. The van der Waals surface area contributed by atoms with Crippen molar-refractivity contribution in [1.82, 2.24) is 0 Å². The number of hydrogen-bond donors (Lipinski definition) is 2. The molecule has 0 radical (unpaired) electrons. The van der Waals surface area contributed by atoms with Crippen molar-refractivity contribution in [2.45, 2.75) is 39.2 Å². The minimum Gasteiger partial charge on any atom is -0.327 e. The van der Waals surface area contributed by atoms with Crippen molar-refractivity contribution in [2.75, 3.05) is 5.32 Å². The molecule has 1 aliphatic carbocycles. The Morgan fingerprint density at radius 3 is 2.84 bits per heavy atom. The molecule has 0 heterocycles. The van der Waals surface area contributed by atoms with Gasteiger partial charge in [0.15, 0.2) is 0 Å². The molecule has 1 saturated carbocycles. The number of hydrogen-bond acceptors (Lipinski definition) is 2. The molecule has 2 rings (SSSR count). The van der Waals surface area contributed by atoms with Crippen molar-refractivity contribution in [3.05, 3.63) is 27.2 Å². The molecule has 104 valence electrons. The summed E-state index contributed by atoms with van der Waals surface area (Å²) in [6, 6.07) is 3.59. The first-order valence-electron chi connectivity index (χ1n) is 6.37. The highest BCUT2D eigenvalue weighted by Gasteiger charge is 2.43. The topological polar surface area (TPSA) is 55.1 Å². The van der Waals surface area contributed by atoms with E-state index in [9.17, 15) is 4.79 Å². The summed E-state index contributed by atoms with van der Waals surface area (Å²) < 4.78 is 0.831. The van der Waals surface area contributed by atoms with E-state index < -0.39 is 5.41 Å². The number of aryl methyl sites for hydroxylation is 1. The Labute approximate surface area is 127 Å². The number of nitrogens with one attached hydrogen (secondary N) is 1. The van der Waals surface area contributed by atoms with Gasteiger partial charge in [0.05, 0.1) is 11.1 Å². The van der Waals surface area contributed by atoms with Crippen molar-refractivity contribution in [1.29, 1.82) is 0 Å². The molecule has 0 bridgehead atoms. The Balaban J connectivity index is 2.22. The van der Waals surface area contributed by atoms with Gasteiger partial charge in [-0.1, -0.05) is 18.0 Å². The van der Waals surface area contributed by atoms with Crippen molar-refractivity contribution < 1.29 is 4.79 Å². The van der Waals surface area contributed by atoms with Crippen LogP contribution in [0.2, 0.25) is 5.02 Å². The number of benzene rings is 1. The summed E-state index contributed by atoms with van der Waals surface area (Å²) in [6.45, 7) is 3.86. The SMILES string of the molecule is Cc1cc(Br)c(NC(=O)C2(C)CCCC2N)cc1Cl. The van der Waals surface area contributed by atoms with Crippen molar-refractivity contribution in [3.8, 4) is 0 Å². The van der Waals surface area contributed by atoms with Crippen LogP contribution < -0.4 is 11.1 Å². The lowest BCUT2D eigenvalue weighted by Gasteiger charge is -2.27. The maximum Gasteiger partial charge on any atom is 0.231 e. The molecule has 0 saturated heterocycles. The predicted octanol–water partition coefficient (Wildman–Crippen LogP) is 3.87.